The summed E-state index contributed by atoms with van der Waals surface area (Å²) in [5, 5.41) is 14.8. The van der Waals surface area contributed by atoms with Crippen LogP contribution in [-0.4, -0.2) is 14.9 Å². The average Bonchev–Trinajstić information content (AvgIpc) is 2.65. The summed E-state index contributed by atoms with van der Waals surface area (Å²) in [6.07, 6.45) is 0.330. The van der Waals surface area contributed by atoms with E-state index in [4.69, 9.17) is 0 Å². The molecule has 2 atom stereocenters. The van der Waals surface area contributed by atoms with Gasteiger partial charge in [0.1, 0.15) is 0 Å². The molecule has 0 bridgehead atoms. The predicted octanol–water partition coefficient (Wildman–Crippen LogP) is 3.40. The van der Waals surface area contributed by atoms with E-state index in [0.29, 0.717) is 0 Å². The van der Waals surface area contributed by atoms with Crippen LogP contribution in [0.1, 0.15) is 30.0 Å². The van der Waals surface area contributed by atoms with Crippen molar-refractivity contribution in [2.45, 2.75) is 26.4 Å². The first-order chi connectivity index (χ1) is 9.00. The van der Waals surface area contributed by atoms with Crippen LogP contribution >= 0.6 is 15.9 Å². The minimum atomic E-state index is -0.455. The van der Waals surface area contributed by atoms with E-state index in [1.807, 2.05) is 49.0 Å². The van der Waals surface area contributed by atoms with Gasteiger partial charge in [0.15, 0.2) is 0 Å². The Morgan fingerprint density at radius 3 is 2.47 bits per heavy atom. The van der Waals surface area contributed by atoms with Crippen LogP contribution in [0.4, 0.5) is 0 Å². The highest BCUT2D eigenvalue weighted by atomic mass is 79.9. The van der Waals surface area contributed by atoms with Crippen LogP contribution in [0, 0.1) is 12.8 Å². The second-order valence-corrected chi connectivity index (χ2v) is 5.80. The third-order valence-electron chi connectivity index (χ3n) is 3.46. The SMILES string of the molecule is Cc1nn(C)c(CC(C)C(O)c2ccccc2)c1Br. The lowest BCUT2D eigenvalue weighted by Gasteiger charge is -2.19. The number of aryl methyl sites for hydroxylation is 2. The van der Waals surface area contributed by atoms with Crippen molar-refractivity contribution in [1.29, 1.82) is 0 Å². The largest absolute Gasteiger partial charge is 0.388 e. The van der Waals surface area contributed by atoms with E-state index < -0.39 is 6.10 Å². The zero-order valence-corrected chi connectivity index (χ0v) is 13.1. The molecule has 1 aromatic carbocycles. The van der Waals surface area contributed by atoms with Crippen molar-refractivity contribution in [2.75, 3.05) is 0 Å². The molecule has 0 saturated heterocycles. The topological polar surface area (TPSA) is 38.0 Å². The first-order valence-electron chi connectivity index (χ1n) is 6.41. The summed E-state index contributed by atoms with van der Waals surface area (Å²) in [7, 11) is 1.94. The molecule has 1 aromatic heterocycles. The van der Waals surface area contributed by atoms with E-state index in [9.17, 15) is 5.11 Å². The molecule has 1 N–H and O–H groups in total. The van der Waals surface area contributed by atoms with Gasteiger partial charge in [-0.1, -0.05) is 37.3 Å². The molecule has 0 saturated carbocycles. The fourth-order valence-electron chi connectivity index (χ4n) is 2.30. The van der Waals surface area contributed by atoms with Crippen molar-refractivity contribution in [1.82, 2.24) is 9.78 Å². The highest BCUT2D eigenvalue weighted by Crippen LogP contribution is 2.28. The van der Waals surface area contributed by atoms with Gasteiger partial charge >= 0.3 is 0 Å². The third-order valence-corrected chi connectivity index (χ3v) is 4.49. The lowest BCUT2D eigenvalue weighted by atomic mass is 9.93. The van der Waals surface area contributed by atoms with E-state index in [1.54, 1.807) is 0 Å². The average molecular weight is 323 g/mol. The van der Waals surface area contributed by atoms with Crippen LogP contribution in [0.2, 0.25) is 0 Å². The zero-order chi connectivity index (χ0) is 14.0. The van der Waals surface area contributed by atoms with Crippen LogP contribution in [0.15, 0.2) is 34.8 Å². The second kappa shape index (κ2) is 5.88. The molecule has 2 aromatic rings. The molecular formula is C15H19BrN2O. The minimum absolute atomic E-state index is 0.133. The maximum atomic E-state index is 10.4. The zero-order valence-electron chi connectivity index (χ0n) is 11.5. The summed E-state index contributed by atoms with van der Waals surface area (Å²) in [6, 6.07) is 9.79. The van der Waals surface area contributed by atoms with E-state index in [2.05, 4.69) is 28.0 Å². The number of benzene rings is 1. The predicted molar refractivity (Wildman–Crippen MR) is 79.9 cm³/mol. The Balaban J connectivity index is 2.15. The van der Waals surface area contributed by atoms with Gasteiger partial charge in [-0.2, -0.15) is 5.10 Å². The van der Waals surface area contributed by atoms with Gasteiger partial charge in [0.25, 0.3) is 0 Å². The van der Waals surface area contributed by atoms with E-state index in [0.717, 1.165) is 27.8 Å². The van der Waals surface area contributed by atoms with Crippen molar-refractivity contribution in [3.05, 3.63) is 51.8 Å². The number of hydrogen-bond donors (Lipinski definition) is 1. The van der Waals surface area contributed by atoms with E-state index in [-0.39, 0.29) is 5.92 Å². The fourth-order valence-corrected chi connectivity index (χ4v) is 2.79. The van der Waals surface area contributed by atoms with Crippen LogP contribution < -0.4 is 0 Å². The monoisotopic (exact) mass is 322 g/mol. The van der Waals surface area contributed by atoms with Crippen molar-refractivity contribution in [3.8, 4) is 0 Å². The fraction of sp³-hybridized carbons (Fsp3) is 0.400. The van der Waals surface area contributed by atoms with Crippen molar-refractivity contribution in [2.24, 2.45) is 13.0 Å². The van der Waals surface area contributed by atoms with E-state index in [1.165, 1.54) is 0 Å². The molecule has 2 rings (SSSR count). The number of halogens is 1. The van der Waals surface area contributed by atoms with Gasteiger partial charge in [-0.05, 0) is 40.8 Å². The lowest BCUT2D eigenvalue weighted by Crippen LogP contribution is -2.14. The van der Waals surface area contributed by atoms with Crippen LogP contribution in [0.3, 0.4) is 0 Å². The molecule has 2 unspecified atom stereocenters. The summed E-state index contributed by atoms with van der Waals surface area (Å²) in [4.78, 5) is 0. The van der Waals surface area contributed by atoms with Gasteiger partial charge < -0.3 is 5.11 Å². The molecule has 4 heteroatoms. The number of aliphatic hydroxyl groups is 1. The maximum Gasteiger partial charge on any atom is 0.0819 e. The molecular weight excluding hydrogens is 304 g/mol. The lowest BCUT2D eigenvalue weighted by molar-refractivity contribution is 0.116. The number of aliphatic hydroxyl groups excluding tert-OH is 1. The highest BCUT2D eigenvalue weighted by Gasteiger charge is 2.20. The summed E-state index contributed by atoms with van der Waals surface area (Å²) in [5.74, 6) is 0.133. The molecule has 3 nitrogen and oxygen atoms in total. The first kappa shape index (κ1) is 14.3. The molecule has 102 valence electrons. The Hall–Kier alpha value is -1.13. The Bertz CT molecular complexity index is 551. The van der Waals surface area contributed by atoms with Gasteiger partial charge in [0.2, 0.25) is 0 Å². The standard InChI is InChI=1S/C15H19BrN2O/c1-10(15(19)12-7-5-4-6-8-12)9-13-14(16)11(2)17-18(13)3/h4-8,10,15,19H,9H2,1-3H3. The number of hydrogen-bond acceptors (Lipinski definition) is 2. The summed E-state index contributed by atoms with van der Waals surface area (Å²) in [6.45, 7) is 4.04. The summed E-state index contributed by atoms with van der Waals surface area (Å²) in [5.41, 5.74) is 3.07. The molecule has 0 fully saturated rings. The molecule has 0 aliphatic rings. The second-order valence-electron chi connectivity index (χ2n) is 5.01. The minimum Gasteiger partial charge on any atom is -0.388 e. The molecule has 0 aliphatic heterocycles. The van der Waals surface area contributed by atoms with Gasteiger partial charge in [0.05, 0.1) is 22.0 Å². The van der Waals surface area contributed by atoms with Gasteiger partial charge in [-0.3, -0.25) is 4.68 Å². The van der Waals surface area contributed by atoms with E-state index >= 15 is 0 Å². The van der Waals surface area contributed by atoms with Gasteiger partial charge in [0, 0.05) is 7.05 Å². The molecule has 0 radical (unpaired) electrons. The number of nitrogens with zero attached hydrogens (tertiary/aromatic N) is 2. The number of aromatic nitrogens is 2. The summed E-state index contributed by atoms with van der Waals surface area (Å²) < 4.78 is 2.93. The quantitative estimate of drug-likeness (QED) is 0.936. The Morgan fingerprint density at radius 2 is 1.95 bits per heavy atom. The van der Waals surface area contributed by atoms with Crippen LogP contribution in [0.25, 0.3) is 0 Å². The molecule has 0 amide bonds. The molecule has 0 spiro atoms. The number of rotatable bonds is 4. The van der Waals surface area contributed by atoms with Crippen molar-refractivity contribution < 1.29 is 5.11 Å². The van der Waals surface area contributed by atoms with Gasteiger partial charge in [-0.25, -0.2) is 0 Å². The Labute approximate surface area is 122 Å². The highest BCUT2D eigenvalue weighted by molar-refractivity contribution is 9.10. The first-order valence-corrected chi connectivity index (χ1v) is 7.21. The maximum absolute atomic E-state index is 10.4. The van der Waals surface area contributed by atoms with Crippen molar-refractivity contribution >= 4 is 15.9 Å². The molecule has 1 heterocycles. The smallest absolute Gasteiger partial charge is 0.0819 e. The summed E-state index contributed by atoms with van der Waals surface area (Å²) >= 11 is 3.57. The van der Waals surface area contributed by atoms with Crippen molar-refractivity contribution in [3.63, 3.8) is 0 Å². The Kier molecular flexibility index (Phi) is 4.42. The van der Waals surface area contributed by atoms with Crippen LogP contribution in [0.5, 0.6) is 0 Å². The molecule has 19 heavy (non-hydrogen) atoms. The Morgan fingerprint density at radius 1 is 1.32 bits per heavy atom. The van der Waals surface area contributed by atoms with Crippen LogP contribution in [-0.2, 0) is 13.5 Å². The normalized spacial score (nSPS) is 14.4. The van der Waals surface area contributed by atoms with Gasteiger partial charge in [-0.15, -0.1) is 0 Å². The third kappa shape index (κ3) is 3.07. The molecule has 0 aliphatic carbocycles.